The van der Waals surface area contributed by atoms with Gasteiger partial charge in [0.15, 0.2) is 0 Å². The summed E-state index contributed by atoms with van der Waals surface area (Å²) in [5.41, 5.74) is 2.52. The highest BCUT2D eigenvalue weighted by Gasteiger charge is 2.22. The number of hydrogen-bond acceptors (Lipinski definition) is 3. The number of rotatable bonds is 5. The molecule has 0 fully saturated rings. The van der Waals surface area contributed by atoms with Gasteiger partial charge in [-0.1, -0.05) is 31.2 Å². The molecule has 1 aromatic rings. The van der Waals surface area contributed by atoms with E-state index in [-0.39, 0.29) is 24.0 Å². The van der Waals surface area contributed by atoms with Gasteiger partial charge in [0.05, 0.1) is 13.0 Å². The number of hydrogen-bond donors (Lipinski definition) is 1. The van der Waals surface area contributed by atoms with Crippen molar-refractivity contribution in [3.8, 4) is 0 Å². The van der Waals surface area contributed by atoms with Crippen LogP contribution in [0.1, 0.15) is 37.9 Å². The first-order valence-corrected chi connectivity index (χ1v) is 6.36. The molecule has 0 spiro atoms. The van der Waals surface area contributed by atoms with E-state index in [1.165, 1.54) is 18.2 Å². The Morgan fingerprint density at radius 1 is 1.22 bits per heavy atom. The van der Waals surface area contributed by atoms with E-state index in [9.17, 15) is 4.79 Å². The largest absolute Gasteiger partial charge is 0.469 e. The van der Waals surface area contributed by atoms with Crippen LogP contribution in [0.25, 0.3) is 0 Å². The van der Waals surface area contributed by atoms with Crippen molar-refractivity contribution in [2.45, 2.75) is 39.8 Å². The third-order valence-corrected chi connectivity index (χ3v) is 3.49. The summed E-state index contributed by atoms with van der Waals surface area (Å²) in [4.78, 5) is 11.5. The lowest BCUT2D eigenvalue weighted by Gasteiger charge is -2.25. The summed E-state index contributed by atoms with van der Waals surface area (Å²) in [7, 11) is 1.43. The van der Waals surface area contributed by atoms with E-state index in [0.29, 0.717) is 0 Å². The number of carbonyl (C=O) groups is 1. The third-order valence-electron chi connectivity index (χ3n) is 3.49. The lowest BCUT2D eigenvalue weighted by atomic mass is 9.98. The molecule has 18 heavy (non-hydrogen) atoms. The molecular weight excluding hydrogens is 226 g/mol. The van der Waals surface area contributed by atoms with Crippen molar-refractivity contribution >= 4 is 5.97 Å². The molecule has 3 atom stereocenters. The zero-order chi connectivity index (χ0) is 13.7. The number of ether oxygens (including phenoxy) is 1. The van der Waals surface area contributed by atoms with Crippen molar-refractivity contribution in [1.29, 1.82) is 0 Å². The predicted molar refractivity (Wildman–Crippen MR) is 73.4 cm³/mol. The second kappa shape index (κ2) is 6.55. The van der Waals surface area contributed by atoms with E-state index in [2.05, 4.69) is 31.3 Å². The molecule has 0 saturated heterocycles. The Bertz CT molecular complexity index is 403. The molecule has 0 saturated carbocycles. The molecule has 0 bridgehead atoms. The maximum Gasteiger partial charge on any atom is 0.309 e. The number of methoxy groups -OCH3 is 1. The molecule has 1 aromatic carbocycles. The quantitative estimate of drug-likeness (QED) is 0.815. The minimum Gasteiger partial charge on any atom is -0.469 e. The summed E-state index contributed by atoms with van der Waals surface area (Å²) in [5.74, 6) is -0.326. The summed E-state index contributed by atoms with van der Waals surface area (Å²) in [6, 6.07) is 8.58. The molecule has 0 amide bonds. The Morgan fingerprint density at radius 3 is 2.39 bits per heavy atom. The van der Waals surface area contributed by atoms with Gasteiger partial charge in [-0.05, 0) is 31.9 Å². The summed E-state index contributed by atoms with van der Waals surface area (Å²) in [6.45, 7) is 8.11. The van der Waals surface area contributed by atoms with Crippen LogP contribution in [0, 0.1) is 12.8 Å². The lowest BCUT2D eigenvalue weighted by Crippen LogP contribution is -2.38. The van der Waals surface area contributed by atoms with Crippen LogP contribution in [0.3, 0.4) is 0 Å². The van der Waals surface area contributed by atoms with Gasteiger partial charge in [0, 0.05) is 12.1 Å². The van der Waals surface area contributed by atoms with Crippen LogP contribution in [0.4, 0.5) is 0 Å². The van der Waals surface area contributed by atoms with Gasteiger partial charge >= 0.3 is 5.97 Å². The second-order valence-corrected chi connectivity index (χ2v) is 4.85. The standard InChI is InChI=1S/C15H23NO2/c1-10-8-6-7-9-14(10)13(4)16-12(3)11(2)15(17)18-5/h6-9,11-13,16H,1-5H3/t11?,12?,13-/m1/s1. The Balaban J connectivity index is 2.68. The molecule has 0 aromatic heterocycles. The van der Waals surface area contributed by atoms with Crippen molar-refractivity contribution in [2.24, 2.45) is 5.92 Å². The van der Waals surface area contributed by atoms with Gasteiger partial charge < -0.3 is 10.1 Å². The molecule has 0 heterocycles. The summed E-state index contributed by atoms with van der Waals surface area (Å²) >= 11 is 0. The zero-order valence-corrected chi connectivity index (χ0v) is 11.9. The maximum absolute atomic E-state index is 11.5. The number of carbonyl (C=O) groups excluding carboxylic acids is 1. The van der Waals surface area contributed by atoms with Crippen molar-refractivity contribution in [1.82, 2.24) is 5.32 Å². The van der Waals surface area contributed by atoms with Crippen LogP contribution in [-0.2, 0) is 9.53 Å². The predicted octanol–water partition coefficient (Wildman–Crippen LogP) is 2.84. The molecule has 3 heteroatoms. The zero-order valence-electron chi connectivity index (χ0n) is 11.9. The first-order chi connectivity index (χ1) is 8.47. The van der Waals surface area contributed by atoms with Crippen LogP contribution >= 0.6 is 0 Å². The average molecular weight is 249 g/mol. The first kappa shape index (κ1) is 14.7. The molecule has 0 aliphatic rings. The number of esters is 1. The molecule has 0 aliphatic heterocycles. The van der Waals surface area contributed by atoms with Crippen molar-refractivity contribution in [2.75, 3.05) is 7.11 Å². The van der Waals surface area contributed by atoms with Gasteiger partial charge in [0.2, 0.25) is 0 Å². The Hall–Kier alpha value is -1.35. The molecule has 3 nitrogen and oxygen atoms in total. The monoisotopic (exact) mass is 249 g/mol. The number of benzene rings is 1. The second-order valence-electron chi connectivity index (χ2n) is 4.85. The normalized spacial score (nSPS) is 15.8. The van der Waals surface area contributed by atoms with Crippen molar-refractivity contribution in [3.63, 3.8) is 0 Å². The van der Waals surface area contributed by atoms with Gasteiger partial charge in [-0.2, -0.15) is 0 Å². The first-order valence-electron chi connectivity index (χ1n) is 6.36. The molecule has 0 radical (unpaired) electrons. The van der Waals surface area contributed by atoms with Crippen LogP contribution in [-0.4, -0.2) is 19.1 Å². The number of nitrogens with one attached hydrogen (secondary N) is 1. The van der Waals surface area contributed by atoms with E-state index in [1.54, 1.807) is 0 Å². The average Bonchev–Trinajstić information content (AvgIpc) is 2.37. The molecule has 100 valence electrons. The fraction of sp³-hybridized carbons (Fsp3) is 0.533. The molecule has 2 unspecified atom stereocenters. The summed E-state index contributed by atoms with van der Waals surface area (Å²) in [5, 5.41) is 3.45. The van der Waals surface area contributed by atoms with Crippen LogP contribution < -0.4 is 5.32 Å². The minimum absolute atomic E-state index is 0.0760. The summed E-state index contributed by atoms with van der Waals surface area (Å²) in [6.07, 6.45) is 0. The van der Waals surface area contributed by atoms with E-state index in [0.717, 1.165) is 0 Å². The smallest absolute Gasteiger partial charge is 0.309 e. The van der Waals surface area contributed by atoms with Crippen LogP contribution in [0.15, 0.2) is 24.3 Å². The highest BCUT2D eigenvalue weighted by atomic mass is 16.5. The highest BCUT2D eigenvalue weighted by molar-refractivity contribution is 5.72. The lowest BCUT2D eigenvalue weighted by molar-refractivity contribution is -0.145. The Labute approximate surface area is 110 Å². The fourth-order valence-corrected chi connectivity index (χ4v) is 2.09. The van der Waals surface area contributed by atoms with E-state index < -0.39 is 0 Å². The highest BCUT2D eigenvalue weighted by Crippen LogP contribution is 2.18. The fourth-order valence-electron chi connectivity index (χ4n) is 2.09. The van der Waals surface area contributed by atoms with Gasteiger partial charge in [0.1, 0.15) is 0 Å². The molecular formula is C15H23NO2. The van der Waals surface area contributed by atoms with Crippen LogP contribution in [0.5, 0.6) is 0 Å². The maximum atomic E-state index is 11.5. The van der Waals surface area contributed by atoms with Gasteiger partial charge in [0.25, 0.3) is 0 Å². The topological polar surface area (TPSA) is 38.3 Å². The molecule has 1 rings (SSSR count). The van der Waals surface area contributed by atoms with E-state index >= 15 is 0 Å². The summed E-state index contributed by atoms with van der Waals surface area (Å²) < 4.78 is 4.77. The Morgan fingerprint density at radius 2 is 1.83 bits per heavy atom. The number of aryl methyl sites for hydroxylation is 1. The van der Waals surface area contributed by atoms with E-state index in [4.69, 9.17) is 4.74 Å². The van der Waals surface area contributed by atoms with Crippen molar-refractivity contribution in [3.05, 3.63) is 35.4 Å². The molecule has 0 aliphatic carbocycles. The van der Waals surface area contributed by atoms with Crippen LogP contribution in [0.2, 0.25) is 0 Å². The van der Waals surface area contributed by atoms with Gasteiger partial charge in [-0.3, -0.25) is 4.79 Å². The van der Waals surface area contributed by atoms with E-state index in [1.807, 2.05) is 26.0 Å². The van der Waals surface area contributed by atoms with Crippen molar-refractivity contribution < 1.29 is 9.53 Å². The van der Waals surface area contributed by atoms with Gasteiger partial charge in [-0.15, -0.1) is 0 Å². The Kier molecular flexibility index (Phi) is 5.35. The van der Waals surface area contributed by atoms with Gasteiger partial charge in [-0.25, -0.2) is 0 Å². The third kappa shape index (κ3) is 3.57. The molecule has 1 N–H and O–H groups in total. The SMILES string of the molecule is COC(=O)C(C)C(C)N[C@H](C)c1ccccc1C. The minimum atomic E-state index is -0.174.